The first-order valence-corrected chi connectivity index (χ1v) is 11.1. The molecule has 2 N–H and O–H groups in total. The van der Waals surface area contributed by atoms with E-state index in [1.807, 2.05) is 30.3 Å². The summed E-state index contributed by atoms with van der Waals surface area (Å²) in [5.41, 5.74) is -1.56. The van der Waals surface area contributed by atoms with Crippen LogP contribution >= 0.6 is 26.2 Å². The van der Waals surface area contributed by atoms with Crippen molar-refractivity contribution in [3.8, 4) is 41.8 Å². The Balaban J connectivity index is 2.08. The molecule has 3 atom stereocenters. The number of rotatable bonds is 4. The van der Waals surface area contributed by atoms with Crippen LogP contribution in [0.3, 0.4) is 0 Å². The van der Waals surface area contributed by atoms with Gasteiger partial charge in [-0.2, -0.15) is 26.3 Å². The molecular weight excluding hydrogens is 441 g/mol. The summed E-state index contributed by atoms with van der Waals surface area (Å²) < 4.78 is 7.30. The normalized spacial score (nSPS) is 17.1. The van der Waals surface area contributed by atoms with Gasteiger partial charge in [0.15, 0.2) is 5.75 Å². The van der Waals surface area contributed by atoms with Crippen molar-refractivity contribution in [2.45, 2.75) is 0 Å². The maximum absolute atomic E-state index is 9.61. The molecule has 0 aliphatic carbocycles. The fourth-order valence-corrected chi connectivity index (χ4v) is 6.73. The van der Waals surface area contributed by atoms with E-state index >= 15 is 0 Å². The topological polar surface area (TPSA) is 165 Å². The molecule has 13 heteroatoms. The van der Waals surface area contributed by atoms with E-state index in [4.69, 9.17) is 9.36 Å². The van der Waals surface area contributed by atoms with Crippen molar-refractivity contribution in [1.82, 2.24) is 14.3 Å². The van der Waals surface area contributed by atoms with Gasteiger partial charge in [-0.3, -0.25) is 4.86 Å². The van der Waals surface area contributed by atoms with Crippen LogP contribution in [0.1, 0.15) is 27.8 Å². The van der Waals surface area contributed by atoms with Crippen LogP contribution in [0.15, 0.2) is 30.3 Å². The molecule has 0 spiro atoms. The monoisotopic (exact) mass is 450 g/mol. The Morgan fingerprint density at radius 3 is 1.87 bits per heavy atom. The van der Waals surface area contributed by atoms with Crippen LogP contribution in [0, 0.1) is 56.7 Å². The van der Waals surface area contributed by atoms with Crippen LogP contribution in [0.25, 0.3) is 0 Å². The molecule has 0 radical (unpaired) electrons. The van der Waals surface area contributed by atoms with Crippen LogP contribution in [0.2, 0.25) is 0 Å². The summed E-state index contributed by atoms with van der Waals surface area (Å²) in [4.78, 5) is 12.0. The first-order chi connectivity index (χ1) is 14.7. The van der Waals surface area contributed by atoms with Crippen LogP contribution in [-0.2, 0) is 0 Å². The van der Waals surface area contributed by atoms with E-state index in [1.54, 1.807) is 30.3 Å². The van der Waals surface area contributed by atoms with Crippen molar-refractivity contribution in [2.24, 2.45) is 0 Å². The van der Waals surface area contributed by atoms with Gasteiger partial charge in [0.2, 0.25) is 0 Å². The number of benzene rings is 2. The molecule has 10 nitrogen and oxygen atoms in total. The third-order valence-electron chi connectivity index (χ3n) is 3.66. The molecule has 3 rings (SSSR count). The molecule has 1 aliphatic rings. The zero-order valence-corrected chi connectivity index (χ0v) is 17.7. The average molecular weight is 450 g/mol. The van der Waals surface area contributed by atoms with Gasteiger partial charge in [0, 0.05) is 8.88 Å². The fourth-order valence-electron chi connectivity index (χ4n) is 2.40. The lowest BCUT2D eigenvalue weighted by molar-refractivity contribution is 0.131. The van der Waals surface area contributed by atoms with E-state index in [0.29, 0.717) is 5.75 Å². The SMILES string of the molecule is N#Cc1c(C#N)c(C#N)c(ON2PNPNP2Oc2ccccc2)c(C#N)c1C#N. The van der Waals surface area contributed by atoms with Gasteiger partial charge in [0.05, 0.1) is 25.6 Å². The third-order valence-corrected chi connectivity index (χ3v) is 7.74. The van der Waals surface area contributed by atoms with Gasteiger partial charge in [0.25, 0.3) is 8.45 Å². The molecule has 3 unspecified atom stereocenters. The fraction of sp³-hybridized carbons (Fsp3) is 0. The minimum Gasteiger partial charge on any atom is -0.442 e. The van der Waals surface area contributed by atoms with E-state index in [-0.39, 0.29) is 51.3 Å². The Bertz CT molecular complexity index is 1130. The van der Waals surface area contributed by atoms with Gasteiger partial charge in [-0.15, -0.1) is 0 Å². The van der Waals surface area contributed by atoms with E-state index < -0.39 is 8.45 Å². The van der Waals surface area contributed by atoms with Gasteiger partial charge in [-0.1, -0.05) is 18.2 Å². The lowest BCUT2D eigenvalue weighted by Gasteiger charge is -2.33. The third kappa shape index (κ3) is 4.15. The minimum atomic E-state index is -1.54. The van der Waals surface area contributed by atoms with E-state index in [2.05, 4.69) is 9.72 Å². The summed E-state index contributed by atoms with van der Waals surface area (Å²) in [6.45, 7) is 0. The minimum absolute atomic E-state index is 0.0966. The van der Waals surface area contributed by atoms with Crippen LogP contribution < -0.4 is 19.1 Å². The zero-order valence-electron chi connectivity index (χ0n) is 14.8. The van der Waals surface area contributed by atoms with Crippen molar-refractivity contribution in [3.05, 3.63) is 58.1 Å². The lowest BCUT2D eigenvalue weighted by Crippen LogP contribution is -2.28. The quantitative estimate of drug-likeness (QED) is 0.661. The molecule has 2 aromatic rings. The van der Waals surface area contributed by atoms with Gasteiger partial charge >= 0.3 is 0 Å². The number of hydrogen-bond donors (Lipinski definition) is 2. The lowest BCUT2D eigenvalue weighted by atomic mass is 9.93. The molecule has 144 valence electrons. The largest absolute Gasteiger partial charge is 0.442 e. The second-order valence-electron chi connectivity index (χ2n) is 5.28. The zero-order chi connectivity index (χ0) is 21.5. The molecule has 0 aromatic heterocycles. The van der Waals surface area contributed by atoms with Gasteiger partial charge < -0.3 is 9.36 Å². The highest BCUT2D eigenvalue weighted by molar-refractivity contribution is 7.70. The predicted molar refractivity (Wildman–Crippen MR) is 109 cm³/mol. The Hall–Kier alpha value is -3.34. The summed E-state index contributed by atoms with van der Waals surface area (Å²) >= 11 is 0. The van der Waals surface area contributed by atoms with Crippen molar-refractivity contribution in [2.75, 3.05) is 0 Å². The van der Waals surface area contributed by atoms with Crippen LogP contribution in [-0.4, -0.2) is 4.60 Å². The Morgan fingerprint density at radius 2 is 1.33 bits per heavy atom. The molecule has 1 saturated heterocycles. The summed E-state index contributed by atoms with van der Waals surface area (Å²) in [6.07, 6.45) is 0. The molecule has 0 bridgehead atoms. The standard InChI is InChI=1S/C17H9N8O2P3/c18-6-12-13(7-19)15(9-21)17(16(10-22)14(12)8-20)26-25-29-23-28-24-30(25)27-11-4-2-1-3-5-11/h1-5,23-24,28-29H. The molecule has 0 saturated carbocycles. The molecule has 30 heavy (non-hydrogen) atoms. The average Bonchev–Trinajstić information content (AvgIpc) is 2.79. The van der Waals surface area contributed by atoms with Crippen LogP contribution in [0.4, 0.5) is 0 Å². The first-order valence-electron chi connectivity index (χ1n) is 7.95. The number of hydrogen-bond acceptors (Lipinski definition) is 10. The summed E-state index contributed by atoms with van der Waals surface area (Å²) in [5.74, 6) is 0.315. The highest BCUT2D eigenvalue weighted by Gasteiger charge is 2.32. The van der Waals surface area contributed by atoms with Crippen LogP contribution in [0.5, 0.6) is 11.5 Å². The summed E-state index contributed by atoms with van der Waals surface area (Å²) in [7, 11) is -1.45. The van der Waals surface area contributed by atoms with Gasteiger partial charge in [-0.05, 0) is 16.7 Å². The maximum Gasteiger partial charge on any atom is 0.290 e. The van der Waals surface area contributed by atoms with Crippen molar-refractivity contribution in [1.29, 1.82) is 26.3 Å². The Labute approximate surface area is 176 Å². The molecule has 0 amide bonds. The highest BCUT2D eigenvalue weighted by atomic mass is 31.2. The number of nitrogens with zero attached hydrogens (tertiary/aromatic N) is 6. The summed E-state index contributed by atoms with van der Waals surface area (Å²) in [5, 5.41) is 47.5. The van der Waals surface area contributed by atoms with E-state index in [0.717, 1.165) is 0 Å². The Morgan fingerprint density at radius 1 is 0.800 bits per heavy atom. The predicted octanol–water partition coefficient (Wildman–Crippen LogP) is 3.16. The molecule has 1 heterocycles. The van der Waals surface area contributed by atoms with Crippen molar-refractivity contribution >= 4 is 26.2 Å². The number of para-hydroxylation sites is 1. The van der Waals surface area contributed by atoms with E-state index in [9.17, 15) is 26.3 Å². The first kappa shape index (κ1) is 21.4. The van der Waals surface area contributed by atoms with Gasteiger partial charge in [0.1, 0.15) is 47.2 Å². The molecule has 1 aliphatic heterocycles. The second-order valence-corrected chi connectivity index (χ2v) is 9.52. The highest BCUT2D eigenvalue weighted by Crippen LogP contribution is 2.52. The van der Waals surface area contributed by atoms with E-state index in [1.165, 1.54) is 4.60 Å². The van der Waals surface area contributed by atoms with Crippen molar-refractivity contribution in [3.63, 3.8) is 0 Å². The number of nitrogens with one attached hydrogen (secondary N) is 2. The molecule has 2 aromatic carbocycles. The second kappa shape index (κ2) is 9.92. The smallest absolute Gasteiger partial charge is 0.290 e. The summed E-state index contributed by atoms with van der Waals surface area (Å²) in [6, 6.07) is 17.9. The molecule has 1 fully saturated rings. The molecular formula is C17H9N8O2P3. The Kier molecular flexibility index (Phi) is 7.07. The van der Waals surface area contributed by atoms with Crippen molar-refractivity contribution < 1.29 is 9.36 Å². The maximum atomic E-state index is 9.61. The number of nitriles is 5. The van der Waals surface area contributed by atoms with Gasteiger partial charge in [-0.25, -0.2) is 4.86 Å².